The number of carbonyl (C=O) groups is 4. The number of rotatable bonds is 6. The van der Waals surface area contributed by atoms with Crippen LogP contribution in [0.2, 0.25) is 0 Å². The number of Topliss-reactive ketones (excluding diaryl/α,β-unsaturated/α-hetero) is 1. The molecule has 0 aliphatic carbocycles. The molecule has 0 radical (unpaired) electrons. The van der Waals surface area contributed by atoms with Gasteiger partial charge in [-0.25, -0.2) is 4.99 Å². The molecule has 3 aliphatic heterocycles. The fourth-order valence-corrected chi connectivity index (χ4v) is 8.50. The molecule has 3 N–H and O–H groups in total. The van der Waals surface area contributed by atoms with Gasteiger partial charge in [-0.05, 0) is 84.7 Å². The molecule has 3 saturated heterocycles. The van der Waals surface area contributed by atoms with E-state index in [1.54, 1.807) is 52.0 Å². The zero-order chi connectivity index (χ0) is 41.7. The minimum absolute atomic E-state index is 0.130. The molecule has 3 aliphatic rings. The summed E-state index contributed by atoms with van der Waals surface area (Å²) in [7, 11) is 3.72. The standard InChI is InChI=1S/C42H63N3O11/c1-12-32-42(9,51)37-25(4)33(44-28(7)46)23(2)19-41(8,53-22-29(21-52-37)20-43-38(49)30-16-14-13-15-17-30)36(26(5)34(47)27(6)39(50)55-32)56-40-35(48)31(45(10)11)18-24(3)54-40/h13-17,20,23-27,31-32,35-37,40,48,51H,12,18-19,21-22H2,1-11H3,(H,43,49)/b29-20-,44-33?/t23?,24-,25?,26+,27-,31+,32+,35?,36?,37?,40+,41-,42-/m1/s1. The molecule has 0 spiro atoms. The summed E-state index contributed by atoms with van der Waals surface area (Å²) in [5.41, 5.74) is -1.95. The van der Waals surface area contributed by atoms with Crippen molar-refractivity contribution in [1.29, 1.82) is 0 Å². The number of aliphatic imine (C=N–C) groups is 1. The number of ketones is 1. The van der Waals surface area contributed by atoms with Gasteiger partial charge < -0.3 is 44.1 Å². The number of carbonyl (C=O) groups excluding carboxylic acids is 4. The number of hydrogen-bond donors (Lipinski definition) is 3. The van der Waals surface area contributed by atoms with Gasteiger partial charge in [0.1, 0.15) is 23.7 Å². The molecule has 56 heavy (non-hydrogen) atoms. The topological polar surface area (TPSA) is 183 Å². The Labute approximate surface area is 331 Å². The number of aliphatic hydroxyl groups is 2. The summed E-state index contributed by atoms with van der Waals surface area (Å²) in [6.45, 7) is 14.8. The smallest absolute Gasteiger partial charge is 0.316 e. The highest BCUT2D eigenvalue weighted by atomic mass is 16.7. The lowest BCUT2D eigenvalue weighted by Crippen LogP contribution is -2.60. The Bertz CT molecular complexity index is 1610. The minimum Gasteiger partial charge on any atom is -0.459 e. The average Bonchev–Trinajstić information content (AvgIpc) is 3.16. The van der Waals surface area contributed by atoms with E-state index in [0.717, 1.165) is 0 Å². The first-order chi connectivity index (χ1) is 26.2. The molecule has 2 bridgehead atoms. The molecule has 1 aromatic rings. The lowest BCUT2D eigenvalue weighted by atomic mass is 9.73. The van der Waals surface area contributed by atoms with Crippen molar-refractivity contribution in [1.82, 2.24) is 10.2 Å². The first kappa shape index (κ1) is 45.3. The lowest BCUT2D eigenvalue weighted by molar-refractivity contribution is -0.296. The number of benzene rings is 1. The van der Waals surface area contributed by atoms with Gasteiger partial charge in [0.25, 0.3) is 5.91 Å². The van der Waals surface area contributed by atoms with Crippen molar-refractivity contribution < 1.29 is 53.1 Å². The number of esters is 1. The molecule has 1 aromatic carbocycles. The van der Waals surface area contributed by atoms with Crippen molar-refractivity contribution in [2.24, 2.45) is 28.7 Å². The first-order valence-corrected chi connectivity index (χ1v) is 19.7. The fourth-order valence-electron chi connectivity index (χ4n) is 8.50. The first-order valence-electron chi connectivity index (χ1n) is 19.7. The second-order valence-electron chi connectivity index (χ2n) is 16.5. The van der Waals surface area contributed by atoms with E-state index in [2.05, 4.69) is 10.3 Å². The number of nitrogens with one attached hydrogen (secondary N) is 1. The Morgan fingerprint density at radius 1 is 1.05 bits per heavy atom. The van der Waals surface area contributed by atoms with Crippen LogP contribution in [0, 0.1) is 23.7 Å². The zero-order valence-electron chi connectivity index (χ0n) is 34.8. The van der Waals surface area contributed by atoms with E-state index in [4.69, 9.17) is 23.7 Å². The zero-order valence-corrected chi connectivity index (χ0v) is 34.8. The van der Waals surface area contributed by atoms with Crippen molar-refractivity contribution in [2.45, 2.75) is 136 Å². The Hall–Kier alpha value is -3.37. The maximum absolute atomic E-state index is 14.4. The number of cyclic esters (lactones) is 1. The van der Waals surface area contributed by atoms with Gasteiger partial charge in [-0.2, -0.15) is 0 Å². The minimum atomic E-state index is -1.85. The van der Waals surface area contributed by atoms with Crippen LogP contribution in [-0.2, 0) is 38.1 Å². The van der Waals surface area contributed by atoms with Gasteiger partial charge in [0.05, 0.1) is 37.1 Å². The van der Waals surface area contributed by atoms with Crippen LogP contribution in [0.15, 0.2) is 47.1 Å². The van der Waals surface area contributed by atoms with Crippen LogP contribution in [0.1, 0.15) is 91.9 Å². The van der Waals surface area contributed by atoms with Crippen LogP contribution < -0.4 is 5.32 Å². The van der Waals surface area contributed by atoms with Gasteiger partial charge in [-0.3, -0.25) is 19.2 Å². The third kappa shape index (κ3) is 10.4. The van der Waals surface area contributed by atoms with Crippen LogP contribution in [-0.4, -0.2) is 126 Å². The van der Waals surface area contributed by atoms with E-state index in [-0.39, 0.29) is 44.1 Å². The normalized spacial score (nSPS) is 39.4. The number of ether oxygens (including phenoxy) is 5. The monoisotopic (exact) mass is 785 g/mol. The molecule has 312 valence electrons. The Morgan fingerprint density at radius 3 is 2.32 bits per heavy atom. The molecule has 3 fully saturated rings. The molecule has 14 nitrogen and oxygen atoms in total. The predicted molar refractivity (Wildman–Crippen MR) is 209 cm³/mol. The van der Waals surface area contributed by atoms with Crippen LogP contribution in [0.5, 0.6) is 0 Å². The van der Waals surface area contributed by atoms with Crippen molar-refractivity contribution in [2.75, 3.05) is 27.3 Å². The third-order valence-corrected chi connectivity index (χ3v) is 11.6. The molecule has 2 amide bonds. The molecular weight excluding hydrogens is 722 g/mol. The SMILES string of the molecule is CC[C@@H]1OC(=O)[C@H](C)C(=O)[C@H](C)C(O[C@@H]2O[C@H](C)C[C@H](N(C)C)C2O)[C@@]2(C)CC(C)C(=NC(C)=O)C(C)C(OC/C(=C/NC(=O)c3ccccc3)CO2)[C@]1(C)O. The molecular formula is C42H63N3O11. The van der Waals surface area contributed by atoms with Crippen molar-refractivity contribution in [3.8, 4) is 0 Å². The highest BCUT2D eigenvalue weighted by Gasteiger charge is 2.53. The van der Waals surface area contributed by atoms with E-state index in [0.29, 0.717) is 23.3 Å². The number of amides is 2. The van der Waals surface area contributed by atoms with Gasteiger partial charge in [-0.1, -0.05) is 45.9 Å². The van der Waals surface area contributed by atoms with E-state index in [1.807, 2.05) is 38.9 Å². The van der Waals surface area contributed by atoms with Gasteiger partial charge in [0.2, 0.25) is 5.91 Å². The Morgan fingerprint density at radius 2 is 1.71 bits per heavy atom. The van der Waals surface area contributed by atoms with Gasteiger partial charge in [0.15, 0.2) is 12.1 Å². The van der Waals surface area contributed by atoms with Gasteiger partial charge >= 0.3 is 5.97 Å². The summed E-state index contributed by atoms with van der Waals surface area (Å²) in [6.07, 6.45) is -3.64. The van der Waals surface area contributed by atoms with Crippen molar-refractivity contribution in [3.63, 3.8) is 0 Å². The van der Waals surface area contributed by atoms with Gasteiger partial charge in [-0.15, -0.1) is 0 Å². The van der Waals surface area contributed by atoms with E-state index in [1.165, 1.54) is 27.0 Å². The average molecular weight is 786 g/mol. The molecule has 5 unspecified atom stereocenters. The highest BCUT2D eigenvalue weighted by molar-refractivity contribution is 6.00. The van der Waals surface area contributed by atoms with E-state index >= 15 is 0 Å². The third-order valence-electron chi connectivity index (χ3n) is 11.6. The van der Waals surface area contributed by atoms with Crippen molar-refractivity contribution >= 4 is 29.3 Å². The summed E-state index contributed by atoms with van der Waals surface area (Å²) in [5.74, 6) is -5.72. The van der Waals surface area contributed by atoms with Crippen LogP contribution in [0.4, 0.5) is 0 Å². The number of likely N-dealkylation sites (N-methyl/N-ethyl adjacent to an activating group) is 1. The number of fused-ring (bicyclic) bond motifs is 5. The molecule has 0 saturated carbocycles. The van der Waals surface area contributed by atoms with Crippen LogP contribution in [0.3, 0.4) is 0 Å². The van der Waals surface area contributed by atoms with Gasteiger partial charge in [0, 0.05) is 42.3 Å². The van der Waals surface area contributed by atoms with Crippen molar-refractivity contribution in [3.05, 3.63) is 47.7 Å². The number of hydrogen-bond acceptors (Lipinski definition) is 12. The molecule has 3 heterocycles. The second kappa shape index (κ2) is 18.9. The second-order valence-corrected chi connectivity index (χ2v) is 16.5. The number of nitrogens with zero attached hydrogens (tertiary/aromatic N) is 2. The fraction of sp³-hybridized carbons (Fsp3) is 0.690. The summed E-state index contributed by atoms with van der Waals surface area (Å²) >= 11 is 0. The summed E-state index contributed by atoms with van der Waals surface area (Å²) in [5, 5.41) is 26.8. The maximum Gasteiger partial charge on any atom is 0.316 e. The maximum atomic E-state index is 14.4. The summed E-state index contributed by atoms with van der Waals surface area (Å²) in [6, 6.07) is 8.35. The largest absolute Gasteiger partial charge is 0.459 e. The highest BCUT2D eigenvalue weighted by Crippen LogP contribution is 2.40. The quantitative estimate of drug-likeness (QED) is 0.280. The van der Waals surface area contributed by atoms with Crippen LogP contribution in [0.25, 0.3) is 0 Å². The Kier molecular flexibility index (Phi) is 15.3. The van der Waals surface area contributed by atoms with E-state index < -0.39 is 83.2 Å². The predicted octanol–water partition coefficient (Wildman–Crippen LogP) is 3.86. The molecule has 13 atom stereocenters. The van der Waals surface area contributed by atoms with Crippen LogP contribution >= 0.6 is 0 Å². The molecule has 0 aromatic heterocycles. The van der Waals surface area contributed by atoms with E-state index in [9.17, 15) is 29.4 Å². The molecule has 4 rings (SSSR count). The lowest BCUT2D eigenvalue weighted by Gasteiger charge is -2.47. The number of aliphatic hydroxyl groups excluding tert-OH is 1. The molecule has 14 heteroatoms. The Balaban J connectivity index is 1.96. The summed E-state index contributed by atoms with van der Waals surface area (Å²) in [4.78, 5) is 60.6. The summed E-state index contributed by atoms with van der Waals surface area (Å²) < 4.78 is 32.4.